The smallest absolute Gasteiger partial charge is 0.272 e. The molecule has 2 aromatic heterocycles. The molecular formula is C17H11ClFN3O2. The molecule has 0 fully saturated rings. The molecule has 2 heterocycles. The Hall–Kier alpha value is -2.99. The number of anilines is 1. The predicted octanol–water partition coefficient (Wildman–Crippen LogP) is 3.69. The summed E-state index contributed by atoms with van der Waals surface area (Å²) in [5, 5.41) is 2.65. The molecule has 5 nitrogen and oxygen atoms in total. The van der Waals surface area contributed by atoms with Crippen molar-refractivity contribution in [3.05, 3.63) is 82.6 Å². The van der Waals surface area contributed by atoms with E-state index < -0.39 is 17.5 Å². The molecule has 0 spiro atoms. The standard InChI is InChI=1S/C17H11ClFN3O2/c18-12-4-1-5-13(19)15(12)16(23)10-7-14(21-8-10)17(24)22-11-3-2-6-20-9-11/h1-9,21H,(H,22,24). The predicted molar refractivity (Wildman–Crippen MR) is 87.8 cm³/mol. The quantitative estimate of drug-likeness (QED) is 0.709. The van der Waals surface area contributed by atoms with Crippen molar-refractivity contribution in [1.82, 2.24) is 9.97 Å². The zero-order valence-corrected chi connectivity index (χ0v) is 13.0. The van der Waals surface area contributed by atoms with Gasteiger partial charge in [-0.2, -0.15) is 0 Å². The van der Waals surface area contributed by atoms with Crippen LogP contribution in [0.5, 0.6) is 0 Å². The first kappa shape index (κ1) is 15.9. The average molecular weight is 344 g/mol. The number of aromatic nitrogens is 2. The first-order chi connectivity index (χ1) is 11.6. The van der Waals surface area contributed by atoms with Crippen LogP contribution in [0.25, 0.3) is 0 Å². The number of nitrogens with one attached hydrogen (secondary N) is 2. The van der Waals surface area contributed by atoms with E-state index in [9.17, 15) is 14.0 Å². The minimum Gasteiger partial charge on any atom is -0.356 e. The van der Waals surface area contributed by atoms with E-state index in [1.165, 1.54) is 30.6 Å². The fourth-order valence-corrected chi connectivity index (χ4v) is 2.40. The fraction of sp³-hybridized carbons (Fsp3) is 0. The molecule has 2 N–H and O–H groups in total. The van der Waals surface area contributed by atoms with Crippen LogP contribution in [0.2, 0.25) is 5.02 Å². The highest BCUT2D eigenvalue weighted by molar-refractivity contribution is 6.35. The molecule has 1 amide bonds. The number of hydrogen-bond acceptors (Lipinski definition) is 3. The number of ketones is 1. The normalized spacial score (nSPS) is 10.4. The summed E-state index contributed by atoms with van der Waals surface area (Å²) in [5.41, 5.74) is 0.590. The minimum absolute atomic E-state index is 0.0163. The number of rotatable bonds is 4. The molecule has 0 unspecified atom stereocenters. The van der Waals surface area contributed by atoms with Crippen molar-refractivity contribution in [3.8, 4) is 0 Å². The monoisotopic (exact) mass is 343 g/mol. The van der Waals surface area contributed by atoms with E-state index in [0.717, 1.165) is 6.07 Å². The first-order valence-corrected chi connectivity index (χ1v) is 7.32. The van der Waals surface area contributed by atoms with Crippen molar-refractivity contribution in [2.45, 2.75) is 0 Å². The van der Waals surface area contributed by atoms with Crippen molar-refractivity contribution in [3.63, 3.8) is 0 Å². The van der Waals surface area contributed by atoms with Crippen LogP contribution in [-0.2, 0) is 0 Å². The molecule has 120 valence electrons. The van der Waals surface area contributed by atoms with E-state index in [1.807, 2.05) is 0 Å². The van der Waals surface area contributed by atoms with Crippen LogP contribution >= 0.6 is 11.6 Å². The van der Waals surface area contributed by atoms with Crippen LogP contribution in [0, 0.1) is 5.82 Å². The lowest BCUT2D eigenvalue weighted by molar-refractivity contribution is 0.102. The van der Waals surface area contributed by atoms with Gasteiger partial charge in [-0.3, -0.25) is 14.6 Å². The number of benzene rings is 1. The third-order valence-corrected chi connectivity index (χ3v) is 3.61. The van der Waals surface area contributed by atoms with Gasteiger partial charge in [-0.05, 0) is 30.3 Å². The van der Waals surface area contributed by atoms with Crippen LogP contribution < -0.4 is 5.32 Å². The second-order valence-electron chi connectivity index (χ2n) is 4.92. The lowest BCUT2D eigenvalue weighted by atomic mass is 10.1. The molecule has 1 aromatic carbocycles. The number of aromatic amines is 1. The molecule has 3 aromatic rings. The zero-order chi connectivity index (χ0) is 17.1. The van der Waals surface area contributed by atoms with Crippen LogP contribution in [-0.4, -0.2) is 21.7 Å². The van der Waals surface area contributed by atoms with Crippen molar-refractivity contribution in [2.24, 2.45) is 0 Å². The van der Waals surface area contributed by atoms with Crippen LogP contribution in [0.1, 0.15) is 26.4 Å². The molecule has 0 atom stereocenters. The van der Waals surface area contributed by atoms with Gasteiger partial charge in [0.05, 0.1) is 22.5 Å². The molecule has 0 aliphatic carbocycles. The van der Waals surface area contributed by atoms with E-state index in [4.69, 9.17) is 11.6 Å². The van der Waals surface area contributed by atoms with Gasteiger partial charge < -0.3 is 10.3 Å². The number of halogens is 2. The Morgan fingerprint density at radius 3 is 2.75 bits per heavy atom. The summed E-state index contributed by atoms with van der Waals surface area (Å²) >= 11 is 5.89. The maximum absolute atomic E-state index is 13.8. The molecular weight excluding hydrogens is 333 g/mol. The van der Waals surface area contributed by atoms with E-state index >= 15 is 0 Å². The summed E-state index contributed by atoms with van der Waals surface area (Å²) in [7, 11) is 0. The van der Waals surface area contributed by atoms with E-state index in [-0.39, 0.29) is 21.8 Å². The largest absolute Gasteiger partial charge is 0.356 e. The Morgan fingerprint density at radius 1 is 1.21 bits per heavy atom. The van der Waals surface area contributed by atoms with Gasteiger partial charge in [-0.15, -0.1) is 0 Å². The third-order valence-electron chi connectivity index (χ3n) is 3.30. The molecule has 0 saturated carbocycles. The molecule has 0 saturated heterocycles. The van der Waals surface area contributed by atoms with Crippen LogP contribution in [0.4, 0.5) is 10.1 Å². The number of hydrogen-bond donors (Lipinski definition) is 2. The van der Waals surface area contributed by atoms with Gasteiger partial charge >= 0.3 is 0 Å². The fourth-order valence-electron chi connectivity index (χ4n) is 2.15. The molecule has 3 rings (SSSR count). The summed E-state index contributed by atoms with van der Waals surface area (Å²) < 4.78 is 13.8. The number of amides is 1. The van der Waals surface area contributed by atoms with Crippen molar-refractivity contribution in [2.75, 3.05) is 5.32 Å². The summed E-state index contributed by atoms with van der Waals surface area (Å²) in [5.74, 6) is -1.76. The van der Waals surface area contributed by atoms with Gasteiger partial charge in [0.15, 0.2) is 5.78 Å². The highest BCUT2D eigenvalue weighted by Gasteiger charge is 2.20. The summed E-state index contributed by atoms with van der Waals surface area (Å²) in [6.07, 6.45) is 4.41. The minimum atomic E-state index is -0.713. The second kappa shape index (κ2) is 6.64. The Labute approximate surface area is 141 Å². The Morgan fingerprint density at radius 2 is 2.04 bits per heavy atom. The van der Waals surface area contributed by atoms with Crippen LogP contribution in [0.15, 0.2) is 55.0 Å². The van der Waals surface area contributed by atoms with Gasteiger partial charge in [0, 0.05) is 18.0 Å². The number of pyridine rings is 1. The SMILES string of the molecule is O=C(Nc1cccnc1)c1cc(C(=O)c2c(F)cccc2Cl)c[nH]1. The molecule has 7 heteroatoms. The molecule has 0 radical (unpaired) electrons. The van der Waals surface area contributed by atoms with Gasteiger partial charge in [-0.25, -0.2) is 4.39 Å². The molecule has 0 aliphatic heterocycles. The molecule has 0 bridgehead atoms. The average Bonchev–Trinajstić information content (AvgIpc) is 3.05. The van der Waals surface area contributed by atoms with Crippen molar-refractivity contribution < 1.29 is 14.0 Å². The van der Waals surface area contributed by atoms with Gasteiger partial charge in [-0.1, -0.05) is 17.7 Å². The topological polar surface area (TPSA) is 74.8 Å². The van der Waals surface area contributed by atoms with Gasteiger partial charge in [0.2, 0.25) is 0 Å². The lowest BCUT2D eigenvalue weighted by Gasteiger charge is -2.03. The zero-order valence-electron chi connectivity index (χ0n) is 12.2. The first-order valence-electron chi connectivity index (χ1n) is 6.95. The van der Waals surface area contributed by atoms with Gasteiger partial charge in [0.25, 0.3) is 5.91 Å². The molecule has 24 heavy (non-hydrogen) atoms. The van der Waals surface area contributed by atoms with Crippen molar-refractivity contribution in [1.29, 1.82) is 0 Å². The summed E-state index contributed by atoms with van der Waals surface area (Å²) in [6.45, 7) is 0. The second-order valence-corrected chi connectivity index (χ2v) is 5.33. The third kappa shape index (κ3) is 3.18. The lowest BCUT2D eigenvalue weighted by Crippen LogP contribution is -2.12. The van der Waals surface area contributed by atoms with E-state index in [1.54, 1.807) is 18.3 Å². The number of carbonyl (C=O) groups is 2. The Balaban J connectivity index is 1.83. The highest BCUT2D eigenvalue weighted by atomic mass is 35.5. The number of carbonyl (C=O) groups excluding carboxylic acids is 2. The Kier molecular flexibility index (Phi) is 4.39. The highest BCUT2D eigenvalue weighted by Crippen LogP contribution is 2.23. The van der Waals surface area contributed by atoms with E-state index in [0.29, 0.717) is 5.69 Å². The number of H-pyrrole nitrogens is 1. The maximum Gasteiger partial charge on any atom is 0.272 e. The van der Waals surface area contributed by atoms with Crippen LogP contribution in [0.3, 0.4) is 0 Å². The van der Waals surface area contributed by atoms with Gasteiger partial charge in [0.1, 0.15) is 11.5 Å². The Bertz CT molecular complexity index is 889. The summed E-state index contributed by atoms with van der Waals surface area (Å²) in [4.78, 5) is 31.1. The van der Waals surface area contributed by atoms with Crippen molar-refractivity contribution >= 4 is 29.0 Å². The number of nitrogens with zero attached hydrogens (tertiary/aromatic N) is 1. The van der Waals surface area contributed by atoms with E-state index in [2.05, 4.69) is 15.3 Å². The summed E-state index contributed by atoms with van der Waals surface area (Å²) in [6, 6.07) is 8.70. The molecule has 0 aliphatic rings. The maximum atomic E-state index is 13.8.